The molecule has 0 bridgehead atoms. The Kier molecular flexibility index (Phi) is 36.8. The number of aliphatic hydroxyl groups excluding tert-OH is 5. The summed E-state index contributed by atoms with van der Waals surface area (Å²) in [6.45, 7) is 3.27. The van der Waals surface area contributed by atoms with Crippen molar-refractivity contribution in [3.63, 3.8) is 0 Å². The molecule has 0 aliphatic heterocycles. The lowest BCUT2D eigenvalue weighted by molar-refractivity contribution is -0.220. The van der Waals surface area contributed by atoms with E-state index in [4.69, 9.17) is 18.5 Å². The Labute approximate surface area is 380 Å². The number of rotatable bonds is 41. The number of unbranched alkanes of at least 4 members (excludes halogenated alkanes) is 23. The molecule has 0 amide bonds. The van der Waals surface area contributed by atoms with Gasteiger partial charge in [-0.3, -0.25) is 18.6 Å². The minimum Gasteiger partial charge on any atom is -0.462 e. The molecule has 6 unspecified atom stereocenters. The van der Waals surface area contributed by atoms with Crippen molar-refractivity contribution in [3.8, 4) is 0 Å². The van der Waals surface area contributed by atoms with Crippen molar-refractivity contribution in [2.75, 3.05) is 13.2 Å². The number of hydrogen-bond acceptors (Lipinski definition) is 12. The van der Waals surface area contributed by atoms with Crippen LogP contribution in [-0.4, -0.2) is 98.3 Å². The number of carbonyl (C=O) groups is 2. The molecule has 1 fully saturated rings. The second-order valence-electron chi connectivity index (χ2n) is 17.3. The fourth-order valence-electron chi connectivity index (χ4n) is 7.47. The Bertz CT molecular complexity index is 1240. The molecule has 1 saturated carbocycles. The van der Waals surface area contributed by atoms with Crippen molar-refractivity contribution in [1.29, 1.82) is 0 Å². The van der Waals surface area contributed by atoms with E-state index in [0.29, 0.717) is 12.8 Å². The highest BCUT2D eigenvalue weighted by Crippen LogP contribution is 2.47. The van der Waals surface area contributed by atoms with E-state index < -0.39 is 75.7 Å². The van der Waals surface area contributed by atoms with Crippen LogP contribution < -0.4 is 0 Å². The lowest BCUT2D eigenvalue weighted by atomic mass is 9.85. The van der Waals surface area contributed by atoms with Crippen LogP contribution in [0.5, 0.6) is 0 Å². The van der Waals surface area contributed by atoms with E-state index in [-0.39, 0.29) is 12.8 Å². The predicted octanol–water partition coefficient (Wildman–Crippen LogP) is 10.2. The zero-order valence-corrected chi connectivity index (χ0v) is 40.0. The van der Waals surface area contributed by atoms with E-state index >= 15 is 0 Å². The van der Waals surface area contributed by atoms with Crippen molar-refractivity contribution in [2.45, 2.75) is 249 Å². The molecule has 0 saturated heterocycles. The molecule has 14 heteroatoms. The highest BCUT2D eigenvalue weighted by Gasteiger charge is 2.51. The maximum absolute atomic E-state index is 12.8. The summed E-state index contributed by atoms with van der Waals surface area (Å²) in [5.74, 6) is -1.12. The third-order valence-electron chi connectivity index (χ3n) is 11.5. The highest BCUT2D eigenvalue weighted by molar-refractivity contribution is 7.47. The summed E-state index contributed by atoms with van der Waals surface area (Å²) in [6, 6.07) is 0. The number of esters is 2. The van der Waals surface area contributed by atoms with Gasteiger partial charge in [0, 0.05) is 12.8 Å². The standard InChI is InChI=1S/C49H89O13P/c1-3-5-7-9-11-13-15-17-19-21-23-25-27-29-31-33-35-37-42(50)59-39-41(40-60-63(57,58)62-49-47(55)45(53)44(52)46(54)48(49)56)61-43(51)38-36-34-32-30-28-26-24-22-20-18-16-14-12-10-8-6-4-2/h11,13,17,19,23,25,41,44-49,52-56H,3-10,12,14-16,18,20-22,24,26-40H2,1-2H3,(H,57,58)/b13-11+,19-17+,25-23+/t41-,44?,45-,46?,47?,48?,49?/m0/s1. The first-order chi connectivity index (χ1) is 30.4. The highest BCUT2D eigenvalue weighted by atomic mass is 31.2. The Morgan fingerprint density at radius 2 is 0.857 bits per heavy atom. The molecule has 0 aromatic heterocycles. The largest absolute Gasteiger partial charge is 0.472 e. The molecule has 0 spiro atoms. The van der Waals surface area contributed by atoms with Gasteiger partial charge >= 0.3 is 19.8 Å². The summed E-state index contributed by atoms with van der Waals surface area (Å²) in [7, 11) is -5.12. The molecular formula is C49H89O13P. The van der Waals surface area contributed by atoms with Crippen molar-refractivity contribution in [2.24, 2.45) is 0 Å². The van der Waals surface area contributed by atoms with E-state index in [1.165, 1.54) is 96.3 Å². The Morgan fingerprint density at radius 1 is 0.492 bits per heavy atom. The van der Waals surface area contributed by atoms with Crippen LogP contribution in [-0.2, 0) is 32.7 Å². The molecule has 1 aliphatic rings. The Balaban J connectivity index is 2.44. The fraction of sp³-hybridized carbons (Fsp3) is 0.837. The van der Waals surface area contributed by atoms with Gasteiger partial charge in [0.05, 0.1) is 6.61 Å². The van der Waals surface area contributed by atoms with Crippen molar-refractivity contribution in [3.05, 3.63) is 36.5 Å². The normalized spacial score (nSPS) is 22.0. The van der Waals surface area contributed by atoms with E-state index in [9.17, 15) is 44.6 Å². The van der Waals surface area contributed by atoms with Crippen molar-refractivity contribution < 1.29 is 63.1 Å². The van der Waals surface area contributed by atoms with E-state index in [1.807, 2.05) is 0 Å². The molecule has 0 heterocycles. The van der Waals surface area contributed by atoms with Crippen molar-refractivity contribution in [1.82, 2.24) is 0 Å². The second-order valence-corrected chi connectivity index (χ2v) is 18.7. The molecule has 13 nitrogen and oxygen atoms in total. The number of hydrogen-bond donors (Lipinski definition) is 6. The molecular weight excluding hydrogens is 827 g/mol. The Hall–Kier alpha value is -1.93. The third kappa shape index (κ3) is 31.6. The summed E-state index contributed by atoms with van der Waals surface area (Å²) < 4.78 is 33.6. The molecule has 0 aromatic carbocycles. The number of phosphoric acid groups is 1. The maximum Gasteiger partial charge on any atom is 0.472 e. The minimum absolute atomic E-state index is 0.0949. The monoisotopic (exact) mass is 917 g/mol. The number of ether oxygens (including phenoxy) is 2. The van der Waals surface area contributed by atoms with E-state index in [1.54, 1.807) is 0 Å². The van der Waals surface area contributed by atoms with Gasteiger partial charge in [0.25, 0.3) is 0 Å². The van der Waals surface area contributed by atoms with Gasteiger partial charge < -0.3 is 39.9 Å². The number of phosphoric ester groups is 1. The number of carbonyl (C=O) groups excluding carboxylic acids is 2. The van der Waals surface area contributed by atoms with Gasteiger partial charge in [-0.05, 0) is 51.4 Å². The van der Waals surface area contributed by atoms with Crippen LogP contribution in [0, 0.1) is 0 Å². The van der Waals surface area contributed by atoms with E-state index in [2.05, 4.69) is 50.3 Å². The zero-order valence-electron chi connectivity index (χ0n) is 39.1. The average molecular weight is 917 g/mol. The quantitative estimate of drug-likeness (QED) is 0.0146. The molecule has 368 valence electrons. The summed E-state index contributed by atoms with van der Waals surface area (Å²) >= 11 is 0. The topological polar surface area (TPSA) is 210 Å². The van der Waals surface area contributed by atoms with Crippen LogP contribution in [0.3, 0.4) is 0 Å². The van der Waals surface area contributed by atoms with E-state index in [0.717, 1.165) is 70.6 Å². The smallest absolute Gasteiger partial charge is 0.462 e. The van der Waals surface area contributed by atoms with Gasteiger partial charge in [0.2, 0.25) is 0 Å². The maximum atomic E-state index is 12.8. The molecule has 8 atom stereocenters. The van der Waals surface area contributed by atoms with Gasteiger partial charge in [0.15, 0.2) is 6.10 Å². The molecule has 0 radical (unpaired) electrons. The molecule has 6 N–H and O–H groups in total. The fourth-order valence-corrected chi connectivity index (χ4v) is 8.44. The van der Waals surface area contributed by atoms with Crippen LogP contribution in [0.25, 0.3) is 0 Å². The summed E-state index contributed by atoms with van der Waals surface area (Å²) in [5, 5.41) is 50.2. The van der Waals surface area contributed by atoms with Crippen LogP contribution in [0.4, 0.5) is 0 Å². The third-order valence-corrected chi connectivity index (χ3v) is 12.5. The Morgan fingerprint density at radius 3 is 1.33 bits per heavy atom. The predicted molar refractivity (Wildman–Crippen MR) is 249 cm³/mol. The first-order valence-corrected chi connectivity index (χ1v) is 26.3. The van der Waals surface area contributed by atoms with Crippen LogP contribution >= 0.6 is 7.82 Å². The van der Waals surface area contributed by atoms with Gasteiger partial charge in [-0.1, -0.05) is 179 Å². The molecule has 1 rings (SSSR count). The summed E-state index contributed by atoms with van der Waals surface area (Å²) in [6.07, 6.45) is 31.9. The first kappa shape index (κ1) is 59.1. The minimum atomic E-state index is -5.12. The van der Waals surface area contributed by atoms with Gasteiger partial charge in [-0.2, -0.15) is 0 Å². The number of allylic oxidation sites excluding steroid dienone is 6. The average Bonchev–Trinajstić information content (AvgIpc) is 3.26. The molecule has 1 aliphatic carbocycles. The molecule has 63 heavy (non-hydrogen) atoms. The van der Waals surface area contributed by atoms with Gasteiger partial charge in [0.1, 0.15) is 43.2 Å². The summed E-state index contributed by atoms with van der Waals surface area (Å²) in [4.78, 5) is 35.8. The van der Waals surface area contributed by atoms with Crippen molar-refractivity contribution >= 4 is 19.8 Å². The first-order valence-electron chi connectivity index (χ1n) is 24.8. The second kappa shape index (κ2) is 39.3. The summed E-state index contributed by atoms with van der Waals surface area (Å²) in [5.41, 5.74) is 0. The van der Waals surface area contributed by atoms with Gasteiger partial charge in [-0.15, -0.1) is 0 Å². The lowest BCUT2D eigenvalue weighted by Gasteiger charge is -2.41. The molecule has 0 aromatic rings. The SMILES string of the molecule is CCCCC/C=C/C/C=C/C/C=C/CCCCCCC(=O)OC[C@@H](COP(=O)(O)OC1C(O)C(O)C(O)[C@H](O)C1O)OC(=O)CCCCCCCCCCCCCCCCCCC. The number of aliphatic hydroxyl groups is 5. The van der Waals surface area contributed by atoms with Gasteiger partial charge in [-0.25, -0.2) is 4.57 Å². The van der Waals surface area contributed by atoms with Crippen LogP contribution in [0.1, 0.15) is 206 Å². The zero-order chi connectivity index (χ0) is 46.4. The lowest BCUT2D eigenvalue weighted by Crippen LogP contribution is -2.64. The van der Waals surface area contributed by atoms with Crippen LogP contribution in [0.15, 0.2) is 36.5 Å². The van der Waals surface area contributed by atoms with Crippen LogP contribution in [0.2, 0.25) is 0 Å².